The van der Waals surface area contributed by atoms with Gasteiger partial charge in [0.05, 0.1) is 0 Å². The van der Waals surface area contributed by atoms with Gasteiger partial charge in [-0.05, 0) is 40.0 Å². The summed E-state index contributed by atoms with van der Waals surface area (Å²) in [5, 5.41) is 2.87. The Bertz CT molecular complexity index is 366. The largest absolute Gasteiger partial charge is 0.444 e. The highest BCUT2D eigenvalue weighted by Crippen LogP contribution is 2.14. The van der Waals surface area contributed by atoms with Gasteiger partial charge in [-0.15, -0.1) is 0 Å². The number of amides is 3. The molecule has 1 unspecified atom stereocenters. The van der Waals surface area contributed by atoms with E-state index in [4.69, 9.17) is 4.74 Å². The number of ether oxygens (including phenoxy) is 1. The predicted molar refractivity (Wildman–Crippen MR) is 82.2 cm³/mol. The Balaban J connectivity index is 2.32. The molecule has 0 radical (unpaired) electrons. The fraction of sp³-hybridized carbons (Fsp3) is 0.867. The third-order valence-corrected chi connectivity index (χ3v) is 3.40. The highest BCUT2D eigenvalue weighted by atomic mass is 16.6. The van der Waals surface area contributed by atoms with Crippen LogP contribution in [-0.4, -0.2) is 60.2 Å². The molecule has 0 aromatic carbocycles. The van der Waals surface area contributed by atoms with Crippen molar-refractivity contribution in [3.63, 3.8) is 0 Å². The summed E-state index contributed by atoms with van der Waals surface area (Å²) >= 11 is 0. The van der Waals surface area contributed by atoms with E-state index >= 15 is 0 Å². The molecule has 1 fully saturated rings. The second-order valence-corrected chi connectivity index (χ2v) is 6.63. The van der Waals surface area contributed by atoms with Crippen LogP contribution in [0.4, 0.5) is 9.59 Å². The molecule has 0 spiro atoms. The number of carbonyl (C=O) groups excluding carboxylic acids is 2. The predicted octanol–water partition coefficient (Wildman–Crippen LogP) is 2.29. The molecule has 0 bridgehead atoms. The Morgan fingerprint density at radius 3 is 2.52 bits per heavy atom. The summed E-state index contributed by atoms with van der Waals surface area (Å²) in [7, 11) is 0. The first kappa shape index (κ1) is 17.6. The number of hydrogen-bond acceptors (Lipinski definition) is 3. The van der Waals surface area contributed by atoms with Crippen LogP contribution in [-0.2, 0) is 4.74 Å². The van der Waals surface area contributed by atoms with Crippen molar-refractivity contribution >= 4 is 12.1 Å². The molecular weight excluding hydrogens is 270 g/mol. The van der Waals surface area contributed by atoms with Gasteiger partial charge in [0.1, 0.15) is 5.60 Å². The van der Waals surface area contributed by atoms with E-state index in [2.05, 4.69) is 12.2 Å². The number of likely N-dealkylation sites (tertiary alicyclic amines) is 1. The number of nitrogens with one attached hydrogen (secondary N) is 1. The summed E-state index contributed by atoms with van der Waals surface area (Å²) in [5.41, 5.74) is -0.501. The van der Waals surface area contributed by atoms with Crippen molar-refractivity contribution < 1.29 is 14.3 Å². The molecule has 1 aliphatic rings. The van der Waals surface area contributed by atoms with Crippen molar-refractivity contribution in [3.05, 3.63) is 0 Å². The highest BCUT2D eigenvalue weighted by molar-refractivity contribution is 5.74. The highest BCUT2D eigenvalue weighted by Gasteiger charge is 2.24. The van der Waals surface area contributed by atoms with Gasteiger partial charge < -0.3 is 19.9 Å². The van der Waals surface area contributed by atoms with Gasteiger partial charge >= 0.3 is 12.1 Å². The van der Waals surface area contributed by atoms with E-state index < -0.39 is 5.60 Å². The third kappa shape index (κ3) is 6.23. The van der Waals surface area contributed by atoms with Crippen LogP contribution in [0.5, 0.6) is 0 Å². The second kappa shape index (κ2) is 7.52. The molecule has 6 nitrogen and oxygen atoms in total. The summed E-state index contributed by atoms with van der Waals surface area (Å²) in [6.07, 6.45) is 0.723. The standard InChI is InChI=1S/C15H29N3O3/c1-6-17(14(20)21-15(3,4)5)10-8-16-13(19)18-9-7-12(2)11-18/h12H,6-11H2,1-5H3,(H,16,19). The van der Waals surface area contributed by atoms with Crippen LogP contribution in [0.2, 0.25) is 0 Å². The minimum atomic E-state index is -0.501. The van der Waals surface area contributed by atoms with Gasteiger partial charge in [-0.1, -0.05) is 6.92 Å². The van der Waals surface area contributed by atoms with Crippen molar-refractivity contribution in [1.29, 1.82) is 0 Å². The normalized spacial score (nSPS) is 18.5. The molecule has 1 N–H and O–H groups in total. The first-order chi connectivity index (χ1) is 9.73. The Morgan fingerprint density at radius 1 is 1.38 bits per heavy atom. The zero-order valence-corrected chi connectivity index (χ0v) is 13.9. The van der Waals surface area contributed by atoms with Gasteiger partial charge in [0.15, 0.2) is 0 Å². The Hall–Kier alpha value is -1.46. The maximum atomic E-state index is 11.9. The molecule has 1 aliphatic heterocycles. The number of nitrogens with zero attached hydrogens (tertiary/aromatic N) is 2. The average Bonchev–Trinajstić information content (AvgIpc) is 2.79. The molecule has 122 valence electrons. The van der Waals surface area contributed by atoms with Crippen LogP contribution in [0.15, 0.2) is 0 Å². The number of urea groups is 1. The zero-order chi connectivity index (χ0) is 16.0. The minimum absolute atomic E-state index is 0.0420. The number of hydrogen-bond donors (Lipinski definition) is 1. The monoisotopic (exact) mass is 299 g/mol. The quantitative estimate of drug-likeness (QED) is 0.866. The summed E-state index contributed by atoms with van der Waals surface area (Å²) in [5.74, 6) is 0.574. The van der Waals surface area contributed by atoms with E-state index in [1.54, 1.807) is 4.90 Å². The van der Waals surface area contributed by atoms with Gasteiger partial charge in [0.2, 0.25) is 0 Å². The van der Waals surface area contributed by atoms with Crippen LogP contribution >= 0.6 is 0 Å². The molecule has 1 atom stereocenters. The SMILES string of the molecule is CCN(CCNC(=O)N1CCC(C)C1)C(=O)OC(C)(C)C. The molecule has 21 heavy (non-hydrogen) atoms. The molecule has 0 saturated carbocycles. The van der Waals surface area contributed by atoms with E-state index in [1.165, 1.54) is 0 Å². The molecule has 0 aromatic rings. The molecule has 1 rings (SSSR count). The molecule has 3 amide bonds. The van der Waals surface area contributed by atoms with Gasteiger partial charge in [-0.3, -0.25) is 0 Å². The van der Waals surface area contributed by atoms with Crippen LogP contribution in [0.1, 0.15) is 41.0 Å². The lowest BCUT2D eigenvalue weighted by Crippen LogP contribution is -2.44. The molecule has 1 saturated heterocycles. The van der Waals surface area contributed by atoms with Gasteiger partial charge in [0, 0.05) is 32.7 Å². The average molecular weight is 299 g/mol. The molecular formula is C15H29N3O3. The van der Waals surface area contributed by atoms with E-state index in [0.717, 1.165) is 19.5 Å². The minimum Gasteiger partial charge on any atom is -0.444 e. The summed E-state index contributed by atoms with van der Waals surface area (Å²) in [6.45, 7) is 12.7. The number of rotatable bonds is 4. The van der Waals surface area contributed by atoms with Crippen LogP contribution < -0.4 is 5.32 Å². The second-order valence-electron chi connectivity index (χ2n) is 6.63. The van der Waals surface area contributed by atoms with Crippen molar-refractivity contribution in [1.82, 2.24) is 15.1 Å². The van der Waals surface area contributed by atoms with E-state index in [9.17, 15) is 9.59 Å². The molecule has 0 aromatic heterocycles. The zero-order valence-electron chi connectivity index (χ0n) is 13.9. The Kier molecular flexibility index (Phi) is 6.30. The third-order valence-electron chi connectivity index (χ3n) is 3.40. The maximum Gasteiger partial charge on any atom is 0.410 e. The molecule has 6 heteroatoms. The van der Waals surface area contributed by atoms with Gasteiger partial charge in [0.25, 0.3) is 0 Å². The first-order valence-electron chi connectivity index (χ1n) is 7.73. The lowest BCUT2D eigenvalue weighted by Gasteiger charge is -2.27. The topological polar surface area (TPSA) is 61.9 Å². The summed E-state index contributed by atoms with van der Waals surface area (Å²) in [4.78, 5) is 27.3. The lowest BCUT2D eigenvalue weighted by molar-refractivity contribution is 0.0262. The van der Waals surface area contributed by atoms with E-state index in [0.29, 0.717) is 25.6 Å². The lowest BCUT2D eigenvalue weighted by atomic mass is 10.2. The van der Waals surface area contributed by atoms with Crippen molar-refractivity contribution in [2.24, 2.45) is 5.92 Å². The Labute approximate surface area is 127 Å². The van der Waals surface area contributed by atoms with Gasteiger partial charge in [-0.2, -0.15) is 0 Å². The fourth-order valence-corrected chi connectivity index (χ4v) is 2.23. The fourth-order valence-electron chi connectivity index (χ4n) is 2.23. The maximum absolute atomic E-state index is 11.9. The number of likely N-dealkylation sites (N-methyl/N-ethyl adjacent to an activating group) is 1. The van der Waals surface area contributed by atoms with Crippen molar-refractivity contribution in [2.45, 2.75) is 46.6 Å². The van der Waals surface area contributed by atoms with Crippen LogP contribution in [0.3, 0.4) is 0 Å². The Morgan fingerprint density at radius 2 is 2.05 bits per heavy atom. The van der Waals surface area contributed by atoms with Gasteiger partial charge in [-0.25, -0.2) is 9.59 Å². The van der Waals surface area contributed by atoms with Crippen LogP contribution in [0.25, 0.3) is 0 Å². The first-order valence-corrected chi connectivity index (χ1v) is 7.73. The summed E-state index contributed by atoms with van der Waals surface area (Å²) in [6, 6.07) is -0.0420. The molecule has 1 heterocycles. The molecule has 0 aliphatic carbocycles. The van der Waals surface area contributed by atoms with Crippen molar-refractivity contribution in [2.75, 3.05) is 32.7 Å². The summed E-state index contributed by atoms with van der Waals surface area (Å²) < 4.78 is 5.33. The smallest absolute Gasteiger partial charge is 0.410 e. The van der Waals surface area contributed by atoms with Crippen molar-refractivity contribution in [3.8, 4) is 0 Å². The number of carbonyl (C=O) groups is 2. The van der Waals surface area contributed by atoms with E-state index in [1.807, 2.05) is 32.6 Å². The van der Waals surface area contributed by atoms with E-state index in [-0.39, 0.29) is 12.1 Å². The van der Waals surface area contributed by atoms with Crippen LogP contribution in [0, 0.1) is 5.92 Å².